The number of esters is 3. The van der Waals surface area contributed by atoms with Crippen LogP contribution in [-0.4, -0.2) is 37.7 Å². The lowest BCUT2D eigenvalue weighted by atomic mass is 9.88. The van der Waals surface area contributed by atoms with Crippen LogP contribution in [0.15, 0.2) is 0 Å². The molecular formula is C33H62O6. The highest BCUT2D eigenvalue weighted by Gasteiger charge is 2.34. The highest BCUT2D eigenvalue weighted by molar-refractivity contribution is 5.70. The minimum Gasteiger partial charge on any atom is -0.465 e. The monoisotopic (exact) mass is 554 g/mol. The van der Waals surface area contributed by atoms with Crippen molar-refractivity contribution in [2.24, 2.45) is 5.41 Å². The van der Waals surface area contributed by atoms with E-state index in [9.17, 15) is 14.4 Å². The summed E-state index contributed by atoms with van der Waals surface area (Å²) in [5.74, 6) is -0.708. The van der Waals surface area contributed by atoms with Crippen molar-refractivity contribution in [3.05, 3.63) is 0 Å². The van der Waals surface area contributed by atoms with Crippen LogP contribution in [0.2, 0.25) is 0 Å². The molecule has 0 aliphatic heterocycles. The highest BCUT2D eigenvalue weighted by Crippen LogP contribution is 2.25. The van der Waals surface area contributed by atoms with Crippen LogP contribution in [0.5, 0.6) is 0 Å². The topological polar surface area (TPSA) is 78.9 Å². The fourth-order valence-electron chi connectivity index (χ4n) is 4.50. The third-order valence-corrected chi connectivity index (χ3v) is 7.57. The Kier molecular flexibility index (Phi) is 25.5. The third-order valence-electron chi connectivity index (χ3n) is 7.57. The second-order valence-electron chi connectivity index (χ2n) is 11.4. The van der Waals surface area contributed by atoms with E-state index in [0.29, 0.717) is 25.7 Å². The molecule has 0 fully saturated rings. The fraction of sp³-hybridized carbons (Fsp3) is 0.909. The molecule has 0 spiro atoms. The summed E-state index contributed by atoms with van der Waals surface area (Å²) in [6, 6.07) is 0. The first-order valence-electron chi connectivity index (χ1n) is 16.4. The summed E-state index contributed by atoms with van der Waals surface area (Å²) < 4.78 is 16.9. The van der Waals surface area contributed by atoms with Crippen LogP contribution in [0, 0.1) is 5.41 Å². The Labute approximate surface area is 240 Å². The van der Waals surface area contributed by atoms with E-state index in [2.05, 4.69) is 20.8 Å². The smallest absolute Gasteiger partial charge is 0.305 e. The fourth-order valence-corrected chi connectivity index (χ4v) is 4.50. The van der Waals surface area contributed by atoms with Crippen LogP contribution < -0.4 is 0 Å². The van der Waals surface area contributed by atoms with Crippen LogP contribution in [0.1, 0.15) is 169 Å². The normalized spacial score (nSPS) is 11.4. The van der Waals surface area contributed by atoms with E-state index in [-0.39, 0.29) is 37.7 Å². The number of carbonyl (C=O) groups excluding carboxylic acids is 3. The maximum atomic E-state index is 12.4. The van der Waals surface area contributed by atoms with Crippen molar-refractivity contribution < 1.29 is 28.6 Å². The summed E-state index contributed by atoms with van der Waals surface area (Å²) in [5, 5.41) is 0. The van der Waals surface area contributed by atoms with Gasteiger partial charge in [-0.25, -0.2) is 0 Å². The minimum atomic E-state index is -0.718. The molecule has 0 heterocycles. The SMILES string of the molecule is CCCCCCCCC(=O)OCC(CC)(COC(=O)CCCCCCCC)COC(=O)CCCCCCCC. The summed E-state index contributed by atoms with van der Waals surface area (Å²) in [6.07, 6.45) is 21.7. The van der Waals surface area contributed by atoms with E-state index < -0.39 is 5.41 Å². The Balaban J connectivity index is 4.73. The van der Waals surface area contributed by atoms with Gasteiger partial charge < -0.3 is 14.2 Å². The van der Waals surface area contributed by atoms with E-state index in [1.165, 1.54) is 57.8 Å². The first-order chi connectivity index (χ1) is 18.9. The van der Waals surface area contributed by atoms with Crippen molar-refractivity contribution in [3.63, 3.8) is 0 Å². The molecule has 39 heavy (non-hydrogen) atoms. The zero-order valence-corrected chi connectivity index (χ0v) is 26.1. The summed E-state index contributed by atoms with van der Waals surface area (Å²) in [7, 11) is 0. The molecule has 0 saturated heterocycles. The van der Waals surface area contributed by atoms with Gasteiger partial charge in [0.15, 0.2) is 0 Å². The third kappa shape index (κ3) is 22.9. The van der Waals surface area contributed by atoms with E-state index in [4.69, 9.17) is 14.2 Å². The van der Waals surface area contributed by atoms with Gasteiger partial charge in [0.25, 0.3) is 0 Å². The molecule has 0 aromatic heterocycles. The van der Waals surface area contributed by atoms with Crippen molar-refractivity contribution in [3.8, 4) is 0 Å². The highest BCUT2D eigenvalue weighted by atomic mass is 16.6. The van der Waals surface area contributed by atoms with E-state index in [1.54, 1.807) is 0 Å². The van der Waals surface area contributed by atoms with Gasteiger partial charge >= 0.3 is 17.9 Å². The summed E-state index contributed by atoms with van der Waals surface area (Å²) >= 11 is 0. The van der Waals surface area contributed by atoms with Gasteiger partial charge in [0.1, 0.15) is 19.8 Å². The Morgan fingerprint density at radius 3 is 0.923 bits per heavy atom. The molecule has 0 unspecified atom stereocenters. The average Bonchev–Trinajstić information content (AvgIpc) is 2.94. The van der Waals surface area contributed by atoms with Crippen molar-refractivity contribution in [2.75, 3.05) is 19.8 Å². The maximum Gasteiger partial charge on any atom is 0.305 e. The van der Waals surface area contributed by atoms with Crippen molar-refractivity contribution in [1.82, 2.24) is 0 Å². The van der Waals surface area contributed by atoms with E-state index in [1.807, 2.05) is 6.92 Å². The van der Waals surface area contributed by atoms with Gasteiger partial charge in [-0.05, 0) is 25.7 Å². The van der Waals surface area contributed by atoms with Crippen LogP contribution >= 0.6 is 0 Å². The molecule has 0 N–H and O–H groups in total. The number of hydrogen-bond donors (Lipinski definition) is 0. The number of unbranched alkanes of at least 4 members (excludes halogenated alkanes) is 15. The van der Waals surface area contributed by atoms with Gasteiger partial charge in [-0.1, -0.05) is 124 Å². The second kappa shape index (κ2) is 26.6. The van der Waals surface area contributed by atoms with Crippen LogP contribution in [0.4, 0.5) is 0 Å². The second-order valence-corrected chi connectivity index (χ2v) is 11.4. The largest absolute Gasteiger partial charge is 0.465 e. The standard InChI is InChI=1S/C33H62O6/c1-5-9-12-15-18-21-24-30(34)37-27-33(8-4,28-38-31(35)25-22-19-16-13-10-6-2)29-39-32(36)26-23-20-17-14-11-7-3/h5-29H2,1-4H3. The van der Waals surface area contributed by atoms with Crippen LogP contribution in [0.3, 0.4) is 0 Å². The predicted molar refractivity (Wildman–Crippen MR) is 160 cm³/mol. The minimum absolute atomic E-state index is 0.0900. The number of rotatable bonds is 28. The molecule has 0 saturated carbocycles. The Hall–Kier alpha value is -1.59. The van der Waals surface area contributed by atoms with Gasteiger partial charge in [0, 0.05) is 19.3 Å². The zero-order chi connectivity index (χ0) is 29.0. The first kappa shape index (κ1) is 37.4. The van der Waals surface area contributed by atoms with Gasteiger partial charge in [0.2, 0.25) is 0 Å². The lowest BCUT2D eigenvalue weighted by Gasteiger charge is -2.31. The maximum absolute atomic E-state index is 12.4. The number of ether oxygens (including phenoxy) is 3. The summed E-state index contributed by atoms with van der Waals surface area (Å²) in [6.45, 7) is 8.80. The molecular weight excluding hydrogens is 492 g/mol. The molecule has 0 aromatic carbocycles. The first-order valence-corrected chi connectivity index (χ1v) is 16.4. The lowest BCUT2D eigenvalue weighted by molar-refractivity contribution is -0.162. The molecule has 0 rings (SSSR count). The van der Waals surface area contributed by atoms with Gasteiger partial charge in [0.05, 0.1) is 5.41 Å². The predicted octanol–water partition coefficient (Wildman–Crippen LogP) is 9.26. The van der Waals surface area contributed by atoms with Gasteiger partial charge in [-0.3, -0.25) is 14.4 Å². The molecule has 0 aromatic rings. The molecule has 0 aliphatic carbocycles. The molecule has 6 heteroatoms. The molecule has 0 amide bonds. The molecule has 0 radical (unpaired) electrons. The number of hydrogen-bond acceptors (Lipinski definition) is 6. The van der Waals surface area contributed by atoms with E-state index >= 15 is 0 Å². The molecule has 0 atom stereocenters. The Morgan fingerprint density at radius 1 is 0.410 bits per heavy atom. The number of carbonyl (C=O) groups is 3. The lowest BCUT2D eigenvalue weighted by Crippen LogP contribution is -2.39. The summed E-state index contributed by atoms with van der Waals surface area (Å²) in [4.78, 5) is 37.3. The average molecular weight is 555 g/mol. The van der Waals surface area contributed by atoms with Crippen molar-refractivity contribution >= 4 is 17.9 Å². The van der Waals surface area contributed by atoms with Crippen molar-refractivity contribution in [1.29, 1.82) is 0 Å². The van der Waals surface area contributed by atoms with Crippen LogP contribution in [-0.2, 0) is 28.6 Å². The Bertz CT molecular complexity index is 524. The molecule has 0 bridgehead atoms. The zero-order valence-electron chi connectivity index (χ0n) is 26.1. The molecule has 6 nitrogen and oxygen atoms in total. The van der Waals surface area contributed by atoms with E-state index in [0.717, 1.165) is 57.8 Å². The molecule has 0 aliphatic rings. The summed E-state index contributed by atoms with van der Waals surface area (Å²) in [5.41, 5.74) is -0.718. The van der Waals surface area contributed by atoms with Crippen molar-refractivity contribution in [2.45, 2.75) is 169 Å². The van der Waals surface area contributed by atoms with Gasteiger partial charge in [-0.15, -0.1) is 0 Å². The van der Waals surface area contributed by atoms with Crippen LogP contribution in [0.25, 0.3) is 0 Å². The molecule has 230 valence electrons. The Morgan fingerprint density at radius 2 is 0.667 bits per heavy atom. The quantitative estimate of drug-likeness (QED) is 0.0545. The van der Waals surface area contributed by atoms with Gasteiger partial charge in [-0.2, -0.15) is 0 Å².